The molecule has 0 aliphatic rings. The monoisotopic (exact) mass is 292 g/mol. The Hall–Kier alpha value is -1.50. The van der Waals surface area contributed by atoms with Crippen LogP contribution in [0.1, 0.15) is 25.8 Å². The van der Waals surface area contributed by atoms with Gasteiger partial charge in [-0.1, -0.05) is 13.8 Å². The lowest BCUT2D eigenvalue weighted by molar-refractivity contribution is -0.138. The molecule has 0 aliphatic carbocycles. The Balaban J connectivity index is 3.42. The van der Waals surface area contributed by atoms with Crippen LogP contribution in [0.25, 0.3) is 0 Å². The SMILES string of the molecule is CC(C)(CC(=O)O)c1cc(F)c(S(C)(=O)=O)cc1F. The topological polar surface area (TPSA) is 71.4 Å². The van der Waals surface area contributed by atoms with Crippen molar-refractivity contribution in [3.05, 3.63) is 29.3 Å². The number of rotatable bonds is 4. The van der Waals surface area contributed by atoms with Gasteiger partial charge in [-0.05, 0) is 17.7 Å². The van der Waals surface area contributed by atoms with Gasteiger partial charge in [-0.15, -0.1) is 0 Å². The third kappa shape index (κ3) is 3.50. The third-order valence-electron chi connectivity index (χ3n) is 2.74. The number of halogens is 2. The average molecular weight is 292 g/mol. The van der Waals surface area contributed by atoms with E-state index in [0.717, 1.165) is 12.3 Å². The molecule has 1 N–H and O–H groups in total. The molecule has 0 radical (unpaired) electrons. The zero-order valence-electron chi connectivity index (χ0n) is 10.7. The maximum Gasteiger partial charge on any atom is 0.304 e. The number of benzene rings is 1. The Kier molecular flexibility index (Phi) is 4.00. The van der Waals surface area contributed by atoms with Crippen molar-refractivity contribution in [3.8, 4) is 0 Å². The van der Waals surface area contributed by atoms with Crippen molar-refractivity contribution in [2.24, 2.45) is 0 Å². The summed E-state index contributed by atoms with van der Waals surface area (Å²) in [7, 11) is -3.87. The molecule has 0 saturated heterocycles. The van der Waals surface area contributed by atoms with Gasteiger partial charge in [0.25, 0.3) is 0 Å². The fourth-order valence-electron chi connectivity index (χ4n) is 1.80. The Morgan fingerprint density at radius 2 is 1.79 bits per heavy atom. The summed E-state index contributed by atoms with van der Waals surface area (Å²) in [5, 5.41) is 8.74. The predicted molar refractivity (Wildman–Crippen MR) is 64.7 cm³/mol. The first-order chi connectivity index (χ1) is 8.45. The molecule has 0 fully saturated rings. The van der Waals surface area contributed by atoms with Crippen LogP contribution in [0.2, 0.25) is 0 Å². The maximum atomic E-state index is 13.9. The van der Waals surface area contributed by atoms with Gasteiger partial charge in [-0.2, -0.15) is 0 Å². The van der Waals surface area contributed by atoms with E-state index in [1.807, 2.05) is 0 Å². The summed E-state index contributed by atoms with van der Waals surface area (Å²) < 4.78 is 50.1. The van der Waals surface area contributed by atoms with Gasteiger partial charge in [0.15, 0.2) is 9.84 Å². The minimum Gasteiger partial charge on any atom is -0.481 e. The van der Waals surface area contributed by atoms with Crippen LogP contribution >= 0.6 is 0 Å². The standard InChI is InChI=1S/C12H14F2O4S/c1-12(2,6-11(15)16)7-4-9(14)10(5-8(7)13)19(3,17)18/h4-5H,6H2,1-3H3,(H,15,16). The summed E-state index contributed by atoms with van der Waals surface area (Å²) in [6.45, 7) is 2.89. The number of sulfone groups is 1. The molecule has 0 unspecified atom stereocenters. The second-order valence-corrected chi connectivity index (χ2v) is 6.97. The number of hydrogen-bond acceptors (Lipinski definition) is 3. The second-order valence-electron chi connectivity index (χ2n) is 4.99. The smallest absolute Gasteiger partial charge is 0.304 e. The fourth-order valence-corrected chi connectivity index (χ4v) is 2.54. The molecule has 1 rings (SSSR count). The molecule has 0 heterocycles. The van der Waals surface area contributed by atoms with Crippen molar-refractivity contribution < 1.29 is 27.1 Å². The van der Waals surface area contributed by atoms with E-state index in [4.69, 9.17) is 5.11 Å². The van der Waals surface area contributed by atoms with Crippen LogP contribution in [0.5, 0.6) is 0 Å². The molecular weight excluding hydrogens is 278 g/mol. The molecule has 0 amide bonds. The highest BCUT2D eigenvalue weighted by Gasteiger charge is 2.29. The first-order valence-corrected chi connectivity index (χ1v) is 7.25. The average Bonchev–Trinajstić information content (AvgIpc) is 2.17. The van der Waals surface area contributed by atoms with Crippen molar-refractivity contribution in [3.63, 3.8) is 0 Å². The van der Waals surface area contributed by atoms with E-state index in [2.05, 4.69) is 0 Å². The Labute approximate surface area is 110 Å². The van der Waals surface area contributed by atoms with Crippen LogP contribution in [0.3, 0.4) is 0 Å². The van der Waals surface area contributed by atoms with Gasteiger partial charge in [0.1, 0.15) is 16.5 Å². The van der Waals surface area contributed by atoms with E-state index in [-0.39, 0.29) is 5.56 Å². The highest BCUT2D eigenvalue weighted by Crippen LogP contribution is 2.31. The fraction of sp³-hybridized carbons (Fsp3) is 0.417. The first-order valence-electron chi connectivity index (χ1n) is 5.36. The number of hydrogen-bond donors (Lipinski definition) is 1. The number of carbonyl (C=O) groups is 1. The lowest BCUT2D eigenvalue weighted by Gasteiger charge is -2.24. The van der Waals surface area contributed by atoms with Crippen LogP contribution in [0, 0.1) is 11.6 Å². The van der Waals surface area contributed by atoms with Gasteiger partial charge in [0.2, 0.25) is 0 Å². The summed E-state index contributed by atoms with van der Waals surface area (Å²) in [6.07, 6.45) is 0.370. The molecule has 19 heavy (non-hydrogen) atoms. The number of carboxylic acid groups (broad SMARTS) is 1. The number of aliphatic carboxylic acids is 1. The molecule has 4 nitrogen and oxygen atoms in total. The molecule has 1 aromatic rings. The Bertz CT molecular complexity index is 621. The maximum absolute atomic E-state index is 13.9. The zero-order valence-corrected chi connectivity index (χ0v) is 11.5. The van der Waals surface area contributed by atoms with Gasteiger partial charge >= 0.3 is 5.97 Å². The summed E-state index contributed by atoms with van der Waals surface area (Å²) in [6, 6.07) is 1.33. The summed E-state index contributed by atoms with van der Waals surface area (Å²) in [5.74, 6) is -3.18. The summed E-state index contributed by atoms with van der Waals surface area (Å²) >= 11 is 0. The Morgan fingerprint density at radius 3 is 2.21 bits per heavy atom. The van der Waals surface area contributed by atoms with Crippen LogP contribution in [-0.2, 0) is 20.0 Å². The number of carboxylic acids is 1. The highest BCUT2D eigenvalue weighted by atomic mass is 32.2. The molecule has 1 aromatic carbocycles. The molecule has 0 spiro atoms. The molecule has 0 aromatic heterocycles. The molecule has 0 bridgehead atoms. The van der Waals surface area contributed by atoms with Crippen molar-refractivity contribution in [1.29, 1.82) is 0 Å². The van der Waals surface area contributed by atoms with Crippen molar-refractivity contribution >= 4 is 15.8 Å². The van der Waals surface area contributed by atoms with Gasteiger partial charge in [-0.3, -0.25) is 4.79 Å². The second kappa shape index (κ2) is 4.88. The van der Waals surface area contributed by atoms with Gasteiger partial charge in [0.05, 0.1) is 6.42 Å². The summed E-state index contributed by atoms with van der Waals surface area (Å²) in [5.41, 5.74) is -1.31. The predicted octanol–water partition coefficient (Wildman–Crippen LogP) is 2.12. The lowest BCUT2D eigenvalue weighted by atomic mass is 9.81. The van der Waals surface area contributed by atoms with Crippen LogP contribution in [-0.4, -0.2) is 25.7 Å². The van der Waals surface area contributed by atoms with Crippen LogP contribution in [0.15, 0.2) is 17.0 Å². The highest BCUT2D eigenvalue weighted by molar-refractivity contribution is 7.90. The summed E-state index contributed by atoms with van der Waals surface area (Å²) in [4.78, 5) is 9.96. The van der Waals surface area contributed by atoms with E-state index in [9.17, 15) is 22.0 Å². The van der Waals surface area contributed by atoms with E-state index in [0.29, 0.717) is 6.07 Å². The van der Waals surface area contributed by atoms with Crippen molar-refractivity contribution in [2.45, 2.75) is 30.6 Å². The van der Waals surface area contributed by atoms with Crippen molar-refractivity contribution in [2.75, 3.05) is 6.26 Å². The van der Waals surface area contributed by atoms with Crippen LogP contribution < -0.4 is 0 Å². The zero-order chi connectivity index (χ0) is 15.0. The minimum absolute atomic E-state index is 0.167. The molecular formula is C12H14F2O4S. The van der Waals surface area contributed by atoms with Crippen molar-refractivity contribution in [1.82, 2.24) is 0 Å². The molecule has 7 heteroatoms. The van der Waals surface area contributed by atoms with Gasteiger partial charge in [-0.25, -0.2) is 17.2 Å². The quantitative estimate of drug-likeness (QED) is 0.922. The largest absolute Gasteiger partial charge is 0.481 e. The van der Waals surface area contributed by atoms with Crippen LogP contribution in [0.4, 0.5) is 8.78 Å². The van der Waals surface area contributed by atoms with Gasteiger partial charge in [0, 0.05) is 11.7 Å². The van der Waals surface area contributed by atoms with E-state index >= 15 is 0 Å². The lowest BCUT2D eigenvalue weighted by Crippen LogP contribution is -2.24. The van der Waals surface area contributed by atoms with E-state index in [1.165, 1.54) is 13.8 Å². The first kappa shape index (κ1) is 15.6. The van der Waals surface area contributed by atoms with E-state index in [1.54, 1.807) is 0 Å². The molecule has 106 valence electrons. The molecule has 0 atom stereocenters. The molecule has 0 saturated carbocycles. The Morgan fingerprint density at radius 1 is 1.26 bits per heavy atom. The van der Waals surface area contributed by atoms with Gasteiger partial charge < -0.3 is 5.11 Å². The normalized spacial score (nSPS) is 12.5. The molecule has 0 aliphatic heterocycles. The van der Waals surface area contributed by atoms with E-state index < -0.39 is 44.2 Å². The minimum atomic E-state index is -3.87. The third-order valence-corrected chi connectivity index (χ3v) is 3.86.